The average Bonchev–Trinajstić information content (AvgIpc) is 2.20. The second kappa shape index (κ2) is 4.76. The molecule has 1 aliphatic heterocycles. The quantitative estimate of drug-likeness (QED) is 0.717. The number of esters is 1. The number of rotatable bonds is 2. The SMILES string of the molecule is COC(=O)C1(CC(C)(C)C)CN(C)CCC1(F)F. The highest BCUT2D eigenvalue weighted by atomic mass is 19.3. The summed E-state index contributed by atoms with van der Waals surface area (Å²) in [6.07, 6.45) is -0.182. The molecule has 1 unspecified atom stereocenters. The summed E-state index contributed by atoms with van der Waals surface area (Å²) in [6.45, 7) is 5.94. The zero-order valence-electron chi connectivity index (χ0n) is 11.8. The van der Waals surface area contributed by atoms with E-state index in [0.717, 1.165) is 0 Å². The Morgan fingerprint density at radius 1 is 1.39 bits per heavy atom. The third-order valence-corrected chi connectivity index (χ3v) is 3.46. The Hall–Kier alpha value is -0.710. The Morgan fingerprint density at radius 3 is 2.39 bits per heavy atom. The Labute approximate surface area is 107 Å². The van der Waals surface area contributed by atoms with Crippen molar-refractivity contribution < 1.29 is 18.3 Å². The third kappa shape index (κ3) is 2.82. The van der Waals surface area contributed by atoms with Crippen LogP contribution in [0, 0.1) is 10.8 Å². The van der Waals surface area contributed by atoms with Crippen LogP contribution in [0.15, 0.2) is 0 Å². The van der Waals surface area contributed by atoms with Gasteiger partial charge in [0.1, 0.15) is 5.41 Å². The van der Waals surface area contributed by atoms with Gasteiger partial charge >= 0.3 is 5.97 Å². The minimum atomic E-state index is -3.01. The Balaban J connectivity index is 3.19. The van der Waals surface area contributed by atoms with Crippen LogP contribution >= 0.6 is 0 Å². The molecule has 1 saturated heterocycles. The number of hydrogen-bond acceptors (Lipinski definition) is 3. The van der Waals surface area contributed by atoms with Crippen molar-refractivity contribution in [2.24, 2.45) is 10.8 Å². The lowest BCUT2D eigenvalue weighted by Gasteiger charge is -2.47. The zero-order chi connectivity index (χ0) is 14.2. The van der Waals surface area contributed by atoms with Crippen LogP contribution in [0.25, 0.3) is 0 Å². The molecule has 0 saturated carbocycles. The number of piperidine rings is 1. The van der Waals surface area contributed by atoms with E-state index in [1.807, 2.05) is 20.8 Å². The van der Waals surface area contributed by atoms with Gasteiger partial charge in [-0.3, -0.25) is 4.79 Å². The minimum Gasteiger partial charge on any atom is -0.468 e. The van der Waals surface area contributed by atoms with Crippen LogP contribution in [-0.2, 0) is 9.53 Å². The molecule has 0 spiro atoms. The number of ether oxygens (including phenoxy) is 1. The van der Waals surface area contributed by atoms with Gasteiger partial charge in [-0.05, 0) is 18.9 Å². The molecule has 0 aromatic heterocycles. The van der Waals surface area contributed by atoms with E-state index in [4.69, 9.17) is 0 Å². The molecule has 1 aliphatic rings. The number of carbonyl (C=O) groups is 1. The lowest BCUT2D eigenvalue weighted by atomic mass is 9.67. The number of likely N-dealkylation sites (tertiary alicyclic amines) is 1. The first-order valence-corrected chi connectivity index (χ1v) is 6.19. The van der Waals surface area contributed by atoms with Crippen molar-refractivity contribution in [3.05, 3.63) is 0 Å². The van der Waals surface area contributed by atoms with Gasteiger partial charge in [0.15, 0.2) is 0 Å². The van der Waals surface area contributed by atoms with Gasteiger partial charge in [0, 0.05) is 19.5 Å². The maximum Gasteiger partial charge on any atom is 0.319 e. The van der Waals surface area contributed by atoms with Crippen LogP contribution in [0.2, 0.25) is 0 Å². The van der Waals surface area contributed by atoms with Crippen LogP contribution in [0.4, 0.5) is 8.78 Å². The van der Waals surface area contributed by atoms with E-state index >= 15 is 0 Å². The van der Waals surface area contributed by atoms with Gasteiger partial charge in [-0.1, -0.05) is 20.8 Å². The minimum absolute atomic E-state index is 0.0456. The largest absolute Gasteiger partial charge is 0.468 e. The van der Waals surface area contributed by atoms with Gasteiger partial charge in [-0.25, -0.2) is 8.78 Å². The number of hydrogen-bond donors (Lipinski definition) is 0. The summed E-state index contributed by atoms with van der Waals surface area (Å²) in [5.41, 5.74) is -2.09. The standard InChI is InChI=1S/C13H23F2NO2/c1-11(2,3)8-12(10(17)18-5)9-16(4)7-6-13(12,14)15/h6-9H2,1-5H3. The van der Waals surface area contributed by atoms with Crippen LogP contribution in [0.3, 0.4) is 0 Å². The van der Waals surface area contributed by atoms with Crippen molar-refractivity contribution in [2.75, 3.05) is 27.2 Å². The molecule has 0 amide bonds. The highest BCUT2D eigenvalue weighted by molar-refractivity contribution is 5.78. The van der Waals surface area contributed by atoms with Gasteiger partial charge in [-0.2, -0.15) is 0 Å². The van der Waals surface area contributed by atoms with Crippen LogP contribution in [0.5, 0.6) is 0 Å². The summed E-state index contributed by atoms with van der Waals surface area (Å²) in [5.74, 6) is -3.81. The fourth-order valence-electron chi connectivity index (χ4n) is 2.80. The summed E-state index contributed by atoms with van der Waals surface area (Å²) in [7, 11) is 2.94. The molecule has 106 valence electrons. The molecule has 3 nitrogen and oxygen atoms in total. The van der Waals surface area contributed by atoms with Crippen molar-refractivity contribution in [1.82, 2.24) is 4.90 Å². The third-order valence-electron chi connectivity index (χ3n) is 3.46. The summed E-state index contributed by atoms with van der Waals surface area (Å²) in [6, 6.07) is 0. The maximum atomic E-state index is 14.3. The molecule has 1 heterocycles. The zero-order valence-corrected chi connectivity index (χ0v) is 11.8. The van der Waals surface area contributed by atoms with Crippen molar-refractivity contribution >= 4 is 5.97 Å². The molecular formula is C13H23F2NO2. The first kappa shape index (κ1) is 15.3. The summed E-state index contributed by atoms with van der Waals surface area (Å²) in [5, 5.41) is 0. The summed E-state index contributed by atoms with van der Waals surface area (Å²) in [4.78, 5) is 13.8. The molecule has 1 rings (SSSR count). The molecule has 0 bridgehead atoms. The maximum absolute atomic E-state index is 14.3. The van der Waals surface area contributed by atoms with Crippen LogP contribution in [0.1, 0.15) is 33.6 Å². The summed E-state index contributed by atoms with van der Waals surface area (Å²) >= 11 is 0. The summed E-state index contributed by atoms with van der Waals surface area (Å²) < 4.78 is 33.4. The lowest BCUT2D eigenvalue weighted by molar-refractivity contribution is -0.205. The molecule has 18 heavy (non-hydrogen) atoms. The molecule has 0 aromatic rings. The molecule has 0 N–H and O–H groups in total. The van der Waals surface area contributed by atoms with Gasteiger partial charge < -0.3 is 9.64 Å². The van der Waals surface area contributed by atoms with Crippen LogP contribution < -0.4 is 0 Å². The number of methoxy groups -OCH3 is 1. The van der Waals surface area contributed by atoms with Crippen molar-refractivity contribution in [3.8, 4) is 0 Å². The topological polar surface area (TPSA) is 29.5 Å². The molecule has 1 atom stereocenters. The Bertz CT molecular complexity index is 325. The Kier molecular flexibility index (Phi) is 4.06. The lowest BCUT2D eigenvalue weighted by Crippen LogP contribution is -2.60. The molecule has 0 aromatic carbocycles. The van der Waals surface area contributed by atoms with E-state index in [2.05, 4.69) is 4.74 Å². The number of nitrogens with zero attached hydrogens (tertiary/aromatic N) is 1. The second-order valence-corrected chi connectivity index (χ2v) is 6.50. The van der Waals surface area contributed by atoms with Gasteiger partial charge in [0.2, 0.25) is 0 Å². The average molecular weight is 263 g/mol. The van der Waals surface area contributed by atoms with Crippen molar-refractivity contribution in [2.45, 2.75) is 39.5 Å². The van der Waals surface area contributed by atoms with Crippen molar-refractivity contribution in [1.29, 1.82) is 0 Å². The van der Waals surface area contributed by atoms with E-state index in [1.165, 1.54) is 7.11 Å². The highest BCUT2D eigenvalue weighted by Gasteiger charge is 2.62. The molecular weight excluding hydrogens is 240 g/mol. The number of alkyl halides is 2. The number of carbonyl (C=O) groups excluding carboxylic acids is 1. The van der Waals surface area contributed by atoms with Crippen LogP contribution in [-0.4, -0.2) is 44.0 Å². The fourth-order valence-corrected chi connectivity index (χ4v) is 2.80. The van der Waals surface area contributed by atoms with Gasteiger partial charge in [0.25, 0.3) is 5.92 Å². The fraction of sp³-hybridized carbons (Fsp3) is 0.923. The van der Waals surface area contributed by atoms with Gasteiger partial charge in [0.05, 0.1) is 7.11 Å². The van der Waals surface area contributed by atoms with E-state index in [0.29, 0.717) is 6.54 Å². The smallest absolute Gasteiger partial charge is 0.319 e. The normalized spacial score (nSPS) is 29.1. The van der Waals surface area contributed by atoms with E-state index in [1.54, 1.807) is 11.9 Å². The van der Waals surface area contributed by atoms with E-state index < -0.39 is 17.3 Å². The molecule has 0 aliphatic carbocycles. The predicted molar refractivity (Wildman–Crippen MR) is 65.6 cm³/mol. The second-order valence-electron chi connectivity index (χ2n) is 6.50. The first-order chi connectivity index (χ1) is 8.04. The highest BCUT2D eigenvalue weighted by Crippen LogP contribution is 2.50. The molecule has 0 radical (unpaired) electrons. The van der Waals surface area contributed by atoms with E-state index in [-0.39, 0.29) is 24.8 Å². The predicted octanol–water partition coefficient (Wildman–Crippen LogP) is 2.55. The Morgan fingerprint density at radius 2 is 1.94 bits per heavy atom. The molecule has 5 heteroatoms. The monoisotopic (exact) mass is 263 g/mol. The van der Waals surface area contributed by atoms with E-state index in [9.17, 15) is 13.6 Å². The first-order valence-electron chi connectivity index (χ1n) is 6.19. The van der Waals surface area contributed by atoms with Crippen molar-refractivity contribution in [3.63, 3.8) is 0 Å². The van der Waals surface area contributed by atoms with Gasteiger partial charge in [-0.15, -0.1) is 0 Å². The molecule has 1 fully saturated rings. The number of halogens is 2.